The van der Waals surface area contributed by atoms with Crippen LogP contribution in [0.5, 0.6) is 0 Å². The Morgan fingerprint density at radius 1 is 1.22 bits per heavy atom. The normalized spacial score (nSPS) is 16.3. The Morgan fingerprint density at radius 3 is 2.52 bits per heavy atom. The number of fused-ring (bicyclic) bond motifs is 1. The van der Waals surface area contributed by atoms with E-state index in [1.54, 1.807) is 6.07 Å². The van der Waals surface area contributed by atoms with Gasteiger partial charge in [-0.1, -0.05) is 12.1 Å². The van der Waals surface area contributed by atoms with E-state index in [1.165, 1.54) is 6.07 Å². The maximum atomic E-state index is 11.3. The van der Waals surface area contributed by atoms with Crippen molar-refractivity contribution in [3.63, 3.8) is 0 Å². The zero-order valence-electron chi connectivity index (χ0n) is 13.8. The molecule has 0 aliphatic carbocycles. The second-order valence-electron chi connectivity index (χ2n) is 6.33. The minimum atomic E-state index is -0.352. The first-order valence-corrected chi connectivity index (χ1v) is 8.01. The molecule has 1 fully saturated rings. The van der Waals surface area contributed by atoms with E-state index in [9.17, 15) is 10.1 Å². The van der Waals surface area contributed by atoms with Gasteiger partial charge >= 0.3 is 0 Å². The van der Waals surface area contributed by atoms with Crippen LogP contribution < -0.4 is 4.90 Å². The lowest BCUT2D eigenvalue weighted by atomic mass is 10.1. The summed E-state index contributed by atoms with van der Waals surface area (Å²) in [6.07, 6.45) is 0. The zero-order valence-corrected chi connectivity index (χ0v) is 13.8. The molecule has 0 radical (unpaired) electrons. The highest BCUT2D eigenvalue weighted by Crippen LogP contribution is 2.32. The standard InChI is InChI=1S/C17H22N4O2/c1-12(2)19-7-9-20(10-8-19)16-11-13(3)18-17-14(16)5-4-6-15(17)21(22)23/h4-6,11-12H,7-10H2,1-3H3. The van der Waals surface area contributed by atoms with Gasteiger partial charge in [0.15, 0.2) is 5.52 Å². The summed E-state index contributed by atoms with van der Waals surface area (Å²) in [6, 6.07) is 7.78. The van der Waals surface area contributed by atoms with Gasteiger partial charge in [-0.05, 0) is 26.8 Å². The zero-order chi connectivity index (χ0) is 16.6. The predicted molar refractivity (Wildman–Crippen MR) is 92.1 cm³/mol. The topological polar surface area (TPSA) is 62.5 Å². The number of nitro groups is 1. The minimum absolute atomic E-state index is 0.0771. The van der Waals surface area contributed by atoms with Gasteiger partial charge in [-0.2, -0.15) is 0 Å². The highest BCUT2D eigenvalue weighted by molar-refractivity contribution is 5.97. The average Bonchev–Trinajstić information content (AvgIpc) is 2.53. The van der Waals surface area contributed by atoms with E-state index in [1.807, 2.05) is 19.1 Å². The summed E-state index contributed by atoms with van der Waals surface area (Å²) >= 11 is 0. The maximum Gasteiger partial charge on any atom is 0.295 e. The molecule has 3 rings (SSSR count). The molecule has 1 aromatic carbocycles. The fraction of sp³-hybridized carbons (Fsp3) is 0.471. The van der Waals surface area contributed by atoms with E-state index in [0.29, 0.717) is 11.6 Å². The molecule has 1 aliphatic rings. The molecule has 6 nitrogen and oxygen atoms in total. The SMILES string of the molecule is Cc1cc(N2CCN(C(C)C)CC2)c2cccc([N+](=O)[O-])c2n1. The number of rotatable bonds is 3. The molecule has 0 spiro atoms. The van der Waals surface area contributed by atoms with E-state index >= 15 is 0 Å². The maximum absolute atomic E-state index is 11.3. The van der Waals surface area contributed by atoms with Crippen LogP contribution in [0, 0.1) is 17.0 Å². The molecule has 0 amide bonds. The summed E-state index contributed by atoms with van der Waals surface area (Å²) in [6.45, 7) is 10.2. The quantitative estimate of drug-likeness (QED) is 0.644. The largest absolute Gasteiger partial charge is 0.368 e. The van der Waals surface area contributed by atoms with Gasteiger partial charge < -0.3 is 4.90 Å². The first kappa shape index (κ1) is 15.7. The Hall–Kier alpha value is -2.21. The number of aryl methyl sites for hydroxylation is 1. The summed E-state index contributed by atoms with van der Waals surface area (Å²) in [5.41, 5.74) is 2.43. The molecule has 0 bridgehead atoms. The van der Waals surface area contributed by atoms with Crippen molar-refractivity contribution in [2.24, 2.45) is 0 Å². The Balaban J connectivity index is 2.02. The van der Waals surface area contributed by atoms with Gasteiger partial charge in [-0.15, -0.1) is 0 Å². The third kappa shape index (κ3) is 2.99. The second-order valence-corrected chi connectivity index (χ2v) is 6.33. The van der Waals surface area contributed by atoms with Crippen LogP contribution in [-0.4, -0.2) is 47.0 Å². The van der Waals surface area contributed by atoms with Gasteiger partial charge in [0.25, 0.3) is 5.69 Å². The molecule has 0 N–H and O–H groups in total. The summed E-state index contributed by atoms with van der Waals surface area (Å²) in [4.78, 5) is 20.1. The first-order chi connectivity index (χ1) is 11.0. The van der Waals surface area contributed by atoms with E-state index in [-0.39, 0.29) is 10.6 Å². The van der Waals surface area contributed by atoms with Gasteiger partial charge in [-0.3, -0.25) is 15.0 Å². The fourth-order valence-electron chi connectivity index (χ4n) is 3.23. The van der Waals surface area contributed by atoms with Crippen LogP contribution in [0.3, 0.4) is 0 Å². The number of pyridine rings is 1. The summed E-state index contributed by atoms with van der Waals surface area (Å²) in [7, 11) is 0. The second kappa shape index (κ2) is 6.12. The Morgan fingerprint density at radius 2 is 1.91 bits per heavy atom. The summed E-state index contributed by atoms with van der Waals surface area (Å²) in [5.74, 6) is 0. The molecular formula is C17H22N4O2. The summed E-state index contributed by atoms with van der Waals surface area (Å²) in [5, 5.41) is 12.1. The number of non-ortho nitro benzene ring substituents is 1. The van der Waals surface area contributed by atoms with Crippen molar-refractivity contribution < 1.29 is 4.92 Å². The van der Waals surface area contributed by atoms with Crippen LogP contribution in [0.4, 0.5) is 11.4 Å². The molecule has 1 aliphatic heterocycles. The van der Waals surface area contributed by atoms with Crippen molar-refractivity contribution >= 4 is 22.3 Å². The van der Waals surface area contributed by atoms with E-state index < -0.39 is 0 Å². The number of benzene rings is 1. The Kier molecular flexibility index (Phi) is 4.17. The van der Waals surface area contributed by atoms with Crippen molar-refractivity contribution in [3.8, 4) is 0 Å². The Bertz CT molecular complexity index is 737. The number of nitro benzene ring substituents is 1. The van der Waals surface area contributed by atoms with Crippen LogP contribution in [-0.2, 0) is 0 Å². The van der Waals surface area contributed by atoms with Crippen LogP contribution >= 0.6 is 0 Å². The smallest absolute Gasteiger partial charge is 0.295 e. The molecule has 122 valence electrons. The molecule has 0 unspecified atom stereocenters. The highest BCUT2D eigenvalue weighted by atomic mass is 16.6. The minimum Gasteiger partial charge on any atom is -0.368 e. The van der Waals surface area contributed by atoms with Crippen molar-refractivity contribution in [2.75, 3.05) is 31.1 Å². The third-order valence-corrected chi connectivity index (χ3v) is 4.51. The molecule has 0 saturated carbocycles. The predicted octanol–water partition coefficient (Wildman–Crippen LogP) is 2.98. The van der Waals surface area contributed by atoms with Gasteiger partial charge in [0.1, 0.15) is 0 Å². The van der Waals surface area contributed by atoms with E-state index in [0.717, 1.165) is 42.9 Å². The highest BCUT2D eigenvalue weighted by Gasteiger charge is 2.22. The van der Waals surface area contributed by atoms with Gasteiger partial charge in [0.05, 0.1) is 4.92 Å². The third-order valence-electron chi connectivity index (χ3n) is 4.51. The van der Waals surface area contributed by atoms with Crippen molar-refractivity contribution in [1.82, 2.24) is 9.88 Å². The number of nitrogens with zero attached hydrogens (tertiary/aromatic N) is 4. The van der Waals surface area contributed by atoms with Crippen LogP contribution in [0.1, 0.15) is 19.5 Å². The monoisotopic (exact) mass is 314 g/mol. The Labute approximate surface area is 135 Å². The van der Waals surface area contributed by atoms with Gasteiger partial charge in [0.2, 0.25) is 0 Å². The fourth-order valence-corrected chi connectivity index (χ4v) is 3.23. The number of hydrogen-bond acceptors (Lipinski definition) is 5. The molecule has 6 heteroatoms. The van der Waals surface area contributed by atoms with Crippen LogP contribution in [0.25, 0.3) is 10.9 Å². The number of anilines is 1. The lowest BCUT2D eigenvalue weighted by Crippen LogP contribution is -2.49. The van der Waals surface area contributed by atoms with Gasteiger partial charge in [0, 0.05) is 55.1 Å². The van der Waals surface area contributed by atoms with Crippen molar-refractivity contribution in [2.45, 2.75) is 26.8 Å². The molecule has 1 aromatic heterocycles. The molecule has 2 heterocycles. The van der Waals surface area contributed by atoms with Crippen molar-refractivity contribution in [1.29, 1.82) is 0 Å². The molecule has 1 saturated heterocycles. The molecular weight excluding hydrogens is 292 g/mol. The lowest BCUT2D eigenvalue weighted by molar-refractivity contribution is -0.383. The number of hydrogen-bond donors (Lipinski definition) is 0. The molecule has 0 atom stereocenters. The molecule has 2 aromatic rings. The number of aromatic nitrogens is 1. The van der Waals surface area contributed by atoms with E-state index in [4.69, 9.17) is 0 Å². The number of piperazine rings is 1. The van der Waals surface area contributed by atoms with E-state index in [2.05, 4.69) is 28.6 Å². The van der Waals surface area contributed by atoms with Crippen LogP contribution in [0.15, 0.2) is 24.3 Å². The first-order valence-electron chi connectivity index (χ1n) is 8.01. The average molecular weight is 314 g/mol. The summed E-state index contributed by atoms with van der Waals surface area (Å²) < 4.78 is 0. The van der Waals surface area contributed by atoms with Crippen molar-refractivity contribution in [3.05, 3.63) is 40.1 Å². The van der Waals surface area contributed by atoms with Crippen LogP contribution in [0.2, 0.25) is 0 Å². The molecule has 23 heavy (non-hydrogen) atoms. The van der Waals surface area contributed by atoms with Gasteiger partial charge in [-0.25, -0.2) is 4.98 Å². The number of para-hydroxylation sites is 1. The lowest BCUT2D eigenvalue weighted by Gasteiger charge is -2.38.